The van der Waals surface area contributed by atoms with Crippen LogP contribution in [0.2, 0.25) is 0 Å². The third-order valence-corrected chi connectivity index (χ3v) is 4.73. The van der Waals surface area contributed by atoms with E-state index in [9.17, 15) is 9.59 Å². The number of rotatable bonds is 8. The number of benzene rings is 1. The van der Waals surface area contributed by atoms with Crippen molar-refractivity contribution >= 4 is 17.6 Å². The van der Waals surface area contributed by atoms with Crippen molar-refractivity contribution in [3.05, 3.63) is 41.7 Å². The average Bonchev–Trinajstić information content (AvgIpc) is 3.17. The molecule has 2 aromatic rings. The second-order valence-corrected chi connectivity index (χ2v) is 6.81. The third-order valence-electron chi connectivity index (χ3n) is 4.73. The number of aromatic nitrogens is 2. The second-order valence-electron chi connectivity index (χ2n) is 6.81. The molecular weight excluding hydrogens is 374 g/mol. The highest BCUT2D eigenvalue weighted by atomic mass is 16.5. The molecule has 3 rings (SSSR count). The topological polar surface area (TPSA) is 91.7 Å². The van der Waals surface area contributed by atoms with E-state index in [1.54, 1.807) is 24.9 Å². The van der Waals surface area contributed by atoms with Crippen LogP contribution in [0.1, 0.15) is 54.9 Å². The summed E-state index contributed by atoms with van der Waals surface area (Å²) >= 11 is 0. The summed E-state index contributed by atoms with van der Waals surface area (Å²) in [6.07, 6.45) is 5.12. The van der Waals surface area contributed by atoms with Gasteiger partial charge < -0.3 is 19.5 Å². The van der Waals surface area contributed by atoms with E-state index in [1.807, 2.05) is 24.3 Å². The Morgan fingerprint density at radius 1 is 1.28 bits per heavy atom. The van der Waals surface area contributed by atoms with Gasteiger partial charge in [0.15, 0.2) is 5.69 Å². The Labute approximate surface area is 170 Å². The number of methoxy groups -OCH3 is 1. The van der Waals surface area contributed by atoms with Crippen molar-refractivity contribution in [2.45, 2.75) is 45.3 Å². The molecule has 1 saturated heterocycles. The zero-order valence-corrected chi connectivity index (χ0v) is 16.8. The molecule has 8 nitrogen and oxygen atoms in total. The van der Waals surface area contributed by atoms with Crippen LogP contribution in [-0.2, 0) is 20.7 Å². The van der Waals surface area contributed by atoms with Crippen molar-refractivity contribution in [2.75, 3.05) is 25.6 Å². The lowest BCUT2D eigenvalue weighted by molar-refractivity contribution is -0.116. The molecule has 1 aliphatic rings. The molecule has 1 amide bonds. The largest absolute Gasteiger partial charge is 0.497 e. The molecule has 1 N–H and O–H groups in total. The summed E-state index contributed by atoms with van der Waals surface area (Å²) in [7, 11) is 1.61. The molecule has 0 spiro atoms. The van der Waals surface area contributed by atoms with Crippen molar-refractivity contribution in [2.24, 2.45) is 0 Å². The van der Waals surface area contributed by atoms with Crippen LogP contribution in [0.5, 0.6) is 5.75 Å². The Kier molecular flexibility index (Phi) is 7.24. The predicted molar refractivity (Wildman–Crippen MR) is 107 cm³/mol. The monoisotopic (exact) mass is 401 g/mol. The molecule has 1 aliphatic heterocycles. The van der Waals surface area contributed by atoms with Crippen LogP contribution in [0.3, 0.4) is 0 Å². The maximum Gasteiger partial charge on any atom is 0.361 e. The van der Waals surface area contributed by atoms with Crippen LogP contribution in [0.4, 0.5) is 5.69 Å². The van der Waals surface area contributed by atoms with Crippen molar-refractivity contribution in [1.29, 1.82) is 0 Å². The lowest BCUT2D eigenvalue weighted by Crippen LogP contribution is -2.19. The molecule has 1 aromatic carbocycles. The zero-order valence-electron chi connectivity index (χ0n) is 16.8. The number of hydrogen-bond donors (Lipinski definition) is 1. The number of nitrogens with one attached hydrogen (secondary N) is 1. The maximum absolute atomic E-state index is 12.5. The van der Waals surface area contributed by atoms with E-state index in [4.69, 9.17) is 14.2 Å². The number of esters is 1. The van der Waals surface area contributed by atoms with Crippen LogP contribution < -0.4 is 10.1 Å². The Hall–Kier alpha value is -2.87. The summed E-state index contributed by atoms with van der Waals surface area (Å²) in [5.74, 6) is 0.0117. The number of amides is 1. The van der Waals surface area contributed by atoms with E-state index in [0.717, 1.165) is 30.6 Å². The Morgan fingerprint density at radius 2 is 2.07 bits per heavy atom. The molecule has 0 bridgehead atoms. The summed E-state index contributed by atoms with van der Waals surface area (Å²) < 4.78 is 17.6. The van der Waals surface area contributed by atoms with Crippen molar-refractivity contribution in [3.8, 4) is 5.75 Å². The highest BCUT2D eigenvalue weighted by Gasteiger charge is 2.24. The van der Waals surface area contributed by atoms with Crippen molar-refractivity contribution < 1.29 is 23.8 Å². The first kappa shape index (κ1) is 20.9. The van der Waals surface area contributed by atoms with Crippen molar-refractivity contribution in [1.82, 2.24) is 9.78 Å². The van der Waals surface area contributed by atoms with E-state index in [-0.39, 0.29) is 30.9 Å². The molecule has 1 aromatic heterocycles. The van der Waals surface area contributed by atoms with Gasteiger partial charge in [-0.2, -0.15) is 5.10 Å². The van der Waals surface area contributed by atoms with Gasteiger partial charge in [0.25, 0.3) is 0 Å². The van der Waals surface area contributed by atoms with Gasteiger partial charge in [0, 0.05) is 13.0 Å². The van der Waals surface area contributed by atoms with E-state index in [0.29, 0.717) is 18.7 Å². The van der Waals surface area contributed by atoms with Gasteiger partial charge in [-0.3, -0.25) is 4.79 Å². The average molecular weight is 401 g/mol. The molecule has 2 heterocycles. The minimum absolute atomic E-state index is 0.0961. The first-order valence-corrected chi connectivity index (χ1v) is 9.91. The van der Waals surface area contributed by atoms with Gasteiger partial charge in [-0.1, -0.05) is 12.1 Å². The Morgan fingerprint density at radius 3 is 2.72 bits per heavy atom. The number of carbonyl (C=O) groups is 2. The fourth-order valence-corrected chi connectivity index (χ4v) is 3.18. The van der Waals surface area contributed by atoms with Gasteiger partial charge in [-0.15, -0.1) is 0 Å². The number of nitrogens with zero attached hydrogens (tertiary/aromatic N) is 2. The van der Waals surface area contributed by atoms with Gasteiger partial charge in [-0.25, -0.2) is 9.48 Å². The van der Waals surface area contributed by atoms with E-state index >= 15 is 0 Å². The van der Waals surface area contributed by atoms with Crippen molar-refractivity contribution in [3.63, 3.8) is 0 Å². The van der Waals surface area contributed by atoms with Gasteiger partial charge in [0.05, 0.1) is 25.6 Å². The van der Waals surface area contributed by atoms with E-state index in [2.05, 4.69) is 10.4 Å². The van der Waals surface area contributed by atoms with Crippen LogP contribution in [0, 0.1) is 0 Å². The summed E-state index contributed by atoms with van der Waals surface area (Å²) in [5.41, 5.74) is 1.47. The zero-order chi connectivity index (χ0) is 20.6. The molecule has 0 radical (unpaired) electrons. The molecule has 0 saturated carbocycles. The molecule has 1 atom stereocenters. The standard InChI is InChI=1S/C21H27N3O5/c1-3-28-21(26)20-17(14-24(23-20)19-6-4-5-13-29-19)22-18(25)12-9-15-7-10-16(27-2)11-8-15/h7-8,10-11,14,19H,3-6,9,12-13H2,1-2H3,(H,22,25). The Bertz CT molecular complexity index is 825. The molecule has 1 fully saturated rings. The van der Waals surface area contributed by atoms with E-state index < -0.39 is 5.97 Å². The van der Waals surface area contributed by atoms with Crippen LogP contribution >= 0.6 is 0 Å². The minimum Gasteiger partial charge on any atom is -0.497 e. The van der Waals surface area contributed by atoms with Crippen LogP contribution in [-0.4, -0.2) is 42.0 Å². The fraction of sp³-hybridized carbons (Fsp3) is 0.476. The fourth-order valence-electron chi connectivity index (χ4n) is 3.18. The summed E-state index contributed by atoms with van der Waals surface area (Å²) in [4.78, 5) is 24.8. The highest BCUT2D eigenvalue weighted by Crippen LogP contribution is 2.25. The highest BCUT2D eigenvalue weighted by molar-refractivity contribution is 5.99. The van der Waals surface area contributed by atoms with Crippen LogP contribution in [0.25, 0.3) is 0 Å². The molecule has 156 valence electrons. The molecule has 1 unspecified atom stereocenters. The third kappa shape index (κ3) is 5.57. The maximum atomic E-state index is 12.5. The molecule has 8 heteroatoms. The van der Waals surface area contributed by atoms with Gasteiger partial charge in [0.2, 0.25) is 5.91 Å². The minimum atomic E-state index is -0.562. The summed E-state index contributed by atoms with van der Waals surface area (Å²) in [6, 6.07) is 7.57. The number of hydrogen-bond acceptors (Lipinski definition) is 6. The van der Waals surface area contributed by atoms with E-state index in [1.165, 1.54) is 0 Å². The van der Waals surface area contributed by atoms with Crippen LogP contribution in [0.15, 0.2) is 30.5 Å². The number of carbonyl (C=O) groups excluding carboxylic acids is 2. The predicted octanol–water partition coefficient (Wildman–Crippen LogP) is 3.34. The lowest BCUT2D eigenvalue weighted by Gasteiger charge is -2.22. The normalized spacial score (nSPS) is 16.3. The number of ether oxygens (including phenoxy) is 3. The first-order chi connectivity index (χ1) is 14.1. The number of aryl methyl sites for hydroxylation is 1. The van der Waals surface area contributed by atoms with Gasteiger partial charge >= 0.3 is 5.97 Å². The summed E-state index contributed by atoms with van der Waals surface area (Å²) in [5, 5.41) is 7.13. The van der Waals surface area contributed by atoms with Gasteiger partial charge in [-0.05, 0) is 50.3 Å². The summed E-state index contributed by atoms with van der Waals surface area (Å²) in [6.45, 7) is 2.62. The first-order valence-electron chi connectivity index (χ1n) is 9.91. The Balaban J connectivity index is 1.67. The number of anilines is 1. The molecule has 29 heavy (non-hydrogen) atoms. The van der Waals surface area contributed by atoms with Gasteiger partial charge in [0.1, 0.15) is 12.0 Å². The second kappa shape index (κ2) is 10.1. The molecule has 0 aliphatic carbocycles. The quantitative estimate of drug-likeness (QED) is 0.682. The molecular formula is C21H27N3O5. The SMILES string of the molecule is CCOC(=O)c1nn(C2CCCCO2)cc1NC(=O)CCc1ccc(OC)cc1. The lowest BCUT2D eigenvalue weighted by atomic mass is 10.1. The smallest absolute Gasteiger partial charge is 0.361 e.